The number of nitrogens with zero attached hydrogens (tertiary/aromatic N) is 1. The first-order valence-corrected chi connectivity index (χ1v) is 11.3. The number of hydrogen-bond donors (Lipinski definition) is 4. The maximum absolute atomic E-state index is 13.3. The fourth-order valence-corrected chi connectivity index (χ4v) is 4.80. The second-order valence-electron chi connectivity index (χ2n) is 8.78. The summed E-state index contributed by atoms with van der Waals surface area (Å²) in [6.07, 6.45) is 0.323. The Bertz CT molecular complexity index is 861. The number of hydrogen-bond acceptors (Lipinski definition) is 5. The van der Waals surface area contributed by atoms with E-state index in [0.29, 0.717) is 25.8 Å². The van der Waals surface area contributed by atoms with Crippen molar-refractivity contribution in [3.63, 3.8) is 0 Å². The molecule has 174 valence electrons. The lowest BCUT2D eigenvalue weighted by molar-refractivity contribution is -0.127. The molecular formula is C25H34ClN3O3. The number of aliphatic hydroxyl groups is 2. The Balaban J connectivity index is 0.00000289. The first kappa shape index (κ1) is 24.7. The van der Waals surface area contributed by atoms with E-state index in [-0.39, 0.29) is 24.2 Å². The van der Waals surface area contributed by atoms with Gasteiger partial charge in [-0.3, -0.25) is 9.69 Å². The van der Waals surface area contributed by atoms with Gasteiger partial charge in [0.25, 0.3) is 0 Å². The van der Waals surface area contributed by atoms with Crippen molar-refractivity contribution in [3.05, 3.63) is 71.3 Å². The Morgan fingerprint density at radius 3 is 2.53 bits per heavy atom. The normalized spacial score (nSPS) is 22.4. The largest absolute Gasteiger partial charge is 0.392 e. The molecule has 0 saturated carbocycles. The topological polar surface area (TPSA) is 84.8 Å². The molecular weight excluding hydrogens is 426 g/mol. The lowest BCUT2D eigenvalue weighted by atomic mass is 9.92. The predicted octanol–water partition coefficient (Wildman–Crippen LogP) is 1.70. The average molecular weight is 460 g/mol. The molecule has 32 heavy (non-hydrogen) atoms. The Labute approximate surface area is 196 Å². The second-order valence-corrected chi connectivity index (χ2v) is 8.78. The molecule has 6 nitrogen and oxygen atoms in total. The zero-order valence-corrected chi connectivity index (χ0v) is 19.1. The van der Waals surface area contributed by atoms with E-state index >= 15 is 0 Å². The highest BCUT2D eigenvalue weighted by molar-refractivity contribution is 5.85. The van der Waals surface area contributed by atoms with E-state index in [9.17, 15) is 15.0 Å². The summed E-state index contributed by atoms with van der Waals surface area (Å²) in [5.41, 5.74) is 3.14. The highest BCUT2D eigenvalue weighted by atomic mass is 35.5. The van der Waals surface area contributed by atoms with Gasteiger partial charge in [0.05, 0.1) is 18.2 Å². The number of amides is 1. The lowest BCUT2D eigenvalue weighted by Crippen LogP contribution is -2.47. The van der Waals surface area contributed by atoms with Gasteiger partial charge in [0.15, 0.2) is 0 Å². The van der Waals surface area contributed by atoms with E-state index in [1.54, 1.807) is 0 Å². The van der Waals surface area contributed by atoms with Crippen molar-refractivity contribution in [1.29, 1.82) is 0 Å². The zero-order valence-electron chi connectivity index (χ0n) is 18.3. The lowest BCUT2D eigenvalue weighted by Gasteiger charge is -2.30. The van der Waals surface area contributed by atoms with Crippen molar-refractivity contribution in [3.8, 4) is 0 Å². The van der Waals surface area contributed by atoms with Crippen molar-refractivity contribution in [2.24, 2.45) is 5.92 Å². The maximum Gasteiger partial charge on any atom is 0.224 e. The number of fused-ring (bicyclic) bond motifs is 1. The molecule has 0 bridgehead atoms. The Hall–Kier alpha value is -1.96. The van der Waals surface area contributed by atoms with E-state index in [2.05, 4.69) is 15.5 Å². The highest BCUT2D eigenvalue weighted by Gasteiger charge is 2.34. The molecule has 2 aromatic carbocycles. The fraction of sp³-hybridized carbons (Fsp3) is 0.480. The number of carbonyl (C=O) groups is 1. The number of piperazine rings is 1. The van der Waals surface area contributed by atoms with Crippen LogP contribution in [-0.2, 0) is 17.6 Å². The number of aliphatic hydroxyl groups excluding tert-OH is 2. The van der Waals surface area contributed by atoms with E-state index < -0.39 is 18.2 Å². The standard InChI is InChI=1S/C25H33N3O3.ClH/c29-21(17-28-12-10-26-11-13-28)15-20(14-18-6-2-1-3-7-18)25(31)27-24-22-9-5-4-8-19(22)16-23(24)30;/h1-9,20-21,23-24,26,29-30H,10-17H2,(H,27,31);1H/t20-,21+,23+,24?;/m1./s1. The minimum absolute atomic E-state index is 0. The van der Waals surface area contributed by atoms with E-state index in [4.69, 9.17) is 0 Å². The van der Waals surface area contributed by atoms with Crippen LogP contribution in [0.25, 0.3) is 0 Å². The molecule has 1 heterocycles. The number of rotatable bonds is 8. The zero-order chi connectivity index (χ0) is 21.6. The van der Waals surface area contributed by atoms with Crippen LogP contribution in [0.3, 0.4) is 0 Å². The van der Waals surface area contributed by atoms with E-state index in [0.717, 1.165) is 42.9 Å². The van der Waals surface area contributed by atoms with E-state index in [1.807, 2.05) is 54.6 Å². The molecule has 1 unspecified atom stereocenters. The third-order valence-electron chi connectivity index (χ3n) is 6.43. The van der Waals surface area contributed by atoms with E-state index in [1.165, 1.54) is 0 Å². The van der Waals surface area contributed by atoms with Gasteiger partial charge in [-0.05, 0) is 29.5 Å². The van der Waals surface area contributed by atoms with Crippen LogP contribution in [-0.4, -0.2) is 66.0 Å². The van der Waals surface area contributed by atoms with Crippen LogP contribution in [0.5, 0.6) is 0 Å². The first-order chi connectivity index (χ1) is 15.1. The summed E-state index contributed by atoms with van der Waals surface area (Å²) >= 11 is 0. The number of halogens is 1. The molecule has 4 atom stereocenters. The van der Waals surface area contributed by atoms with Crippen molar-refractivity contribution >= 4 is 18.3 Å². The van der Waals surface area contributed by atoms with Crippen LogP contribution in [0.15, 0.2) is 54.6 Å². The minimum Gasteiger partial charge on any atom is -0.392 e. The summed E-state index contributed by atoms with van der Waals surface area (Å²) in [7, 11) is 0. The van der Waals surface area contributed by atoms with Gasteiger partial charge in [-0.1, -0.05) is 54.6 Å². The van der Waals surface area contributed by atoms with Crippen LogP contribution >= 0.6 is 12.4 Å². The Kier molecular flexibility index (Phi) is 9.08. The molecule has 0 radical (unpaired) electrons. The summed E-state index contributed by atoms with van der Waals surface area (Å²) in [5.74, 6) is -0.468. The van der Waals surface area contributed by atoms with Gasteiger partial charge in [0, 0.05) is 45.1 Å². The molecule has 4 rings (SSSR count). The quantitative estimate of drug-likeness (QED) is 0.483. The molecule has 0 aromatic heterocycles. The van der Waals surface area contributed by atoms with Gasteiger partial charge in [-0.25, -0.2) is 0 Å². The molecule has 1 amide bonds. The molecule has 1 aliphatic carbocycles. The molecule has 1 fully saturated rings. The number of β-amino-alcohol motifs (C(OH)–C–C–N with tert-alkyl or cyclic N) is 1. The van der Waals surface area contributed by atoms with Crippen LogP contribution < -0.4 is 10.6 Å². The van der Waals surface area contributed by atoms with Crippen LogP contribution in [0.2, 0.25) is 0 Å². The second kappa shape index (κ2) is 11.8. The number of nitrogens with one attached hydrogen (secondary N) is 2. The molecule has 4 N–H and O–H groups in total. The van der Waals surface area contributed by atoms with Crippen LogP contribution in [0.4, 0.5) is 0 Å². The van der Waals surface area contributed by atoms with Crippen molar-refractivity contribution in [2.45, 2.75) is 37.5 Å². The van der Waals surface area contributed by atoms with Crippen LogP contribution in [0.1, 0.15) is 29.2 Å². The average Bonchev–Trinajstić information content (AvgIpc) is 3.09. The van der Waals surface area contributed by atoms with Crippen LogP contribution in [0, 0.1) is 5.92 Å². The van der Waals surface area contributed by atoms with Gasteiger partial charge in [0.2, 0.25) is 5.91 Å². The SMILES string of the molecule is Cl.O=C(NC1c2ccccc2C[C@@H]1O)[C@H](Cc1ccccc1)C[C@H](O)CN1CCNCC1. The van der Waals surface area contributed by atoms with Gasteiger partial charge < -0.3 is 20.8 Å². The molecule has 2 aliphatic rings. The summed E-state index contributed by atoms with van der Waals surface area (Å²) in [5, 5.41) is 27.7. The third-order valence-corrected chi connectivity index (χ3v) is 6.43. The van der Waals surface area contributed by atoms with Crippen molar-refractivity contribution in [2.75, 3.05) is 32.7 Å². The summed E-state index contributed by atoms with van der Waals surface area (Å²) < 4.78 is 0. The molecule has 1 saturated heterocycles. The first-order valence-electron chi connectivity index (χ1n) is 11.3. The molecule has 7 heteroatoms. The van der Waals surface area contributed by atoms with Gasteiger partial charge in [-0.2, -0.15) is 0 Å². The summed E-state index contributed by atoms with van der Waals surface area (Å²) in [6.45, 7) is 4.27. The highest BCUT2D eigenvalue weighted by Crippen LogP contribution is 2.32. The maximum atomic E-state index is 13.3. The molecule has 1 aliphatic heterocycles. The van der Waals surface area contributed by atoms with Gasteiger partial charge in [0.1, 0.15) is 0 Å². The summed E-state index contributed by atoms with van der Waals surface area (Å²) in [6, 6.07) is 17.4. The number of carbonyl (C=O) groups excluding carboxylic acids is 1. The van der Waals surface area contributed by atoms with Gasteiger partial charge >= 0.3 is 0 Å². The fourth-order valence-electron chi connectivity index (χ4n) is 4.80. The molecule has 0 spiro atoms. The monoisotopic (exact) mass is 459 g/mol. The number of benzene rings is 2. The Morgan fingerprint density at radius 1 is 1.09 bits per heavy atom. The smallest absolute Gasteiger partial charge is 0.224 e. The Morgan fingerprint density at radius 2 is 1.78 bits per heavy atom. The summed E-state index contributed by atoms with van der Waals surface area (Å²) in [4.78, 5) is 15.6. The van der Waals surface area contributed by atoms with Crippen molar-refractivity contribution in [1.82, 2.24) is 15.5 Å². The minimum atomic E-state index is -0.621. The molecule has 2 aromatic rings. The third kappa shape index (κ3) is 6.30. The predicted molar refractivity (Wildman–Crippen MR) is 128 cm³/mol. The van der Waals surface area contributed by atoms with Gasteiger partial charge in [-0.15, -0.1) is 12.4 Å². The van der Waals surface area contributed by atoms with Crippen molar-refractivity contribution < 1.29 is 15.0 Å².